The van der Waals surface area contributed by atoms with Crippen LogP contribution in [0.5, 0.6) is 0 Å². The molecule has 4 heterocycles. The predicted molar refractivity (Wildman–Crippen MR) is 282 cm³/mol. The highest BCUT2D eigenvalue weighted by Gasteiger charge is 2.56. The van der Waals surface area contributed by atoms with E-state index in [-0.39, 0.29) is 5.91 Å². The van der Waals surface area contributed by atoms with Crippen molar-refractivity contribution in [3.63, 3.8) is 0 Å². The number of benzene rings is 4. The third-order valence-electron chi connectivity index (χ3n) is 13.9. The second-order valence-corrected chi connectivity index (χ2v) is 18.5. The molecule has 69 heavy (non-hydrogen) atoms. The third-order valence-corrected chi connectivity index (χ3v) is 13.9. The monoisotopic (exact) mass is 921 g/mol. The first-order chi connectivity index (χ1) is 33.3. The summed E-state index contributed by atoms with van der Waals surface area (Å²) in [7, 11) is 3.40. The number of nitrogens with two attached hydrogens (primary N) is 3. The van der Waals surface area contributed by atoms with Gasteiger partial charge in [-0.25, -0.2) is 9.97 Å². The fourth-order valence-corrected chi connectivity index (χ4v) is 10.0. The lowest BCUT2D eigenvalue weighted by molar-refractivity contribution is -0.119. The Morgan fingerprint density at radius 2 is 1.03 bits per heavy atom. The number of aryl methyl sites for hydroxylation is 2. The van der Waals surface area contributed by atoms with E-state index in [9.17, 15) is 4.79 Å². The van der Waals surface area contributed by atoms with Crippen LogP contribution in [-0.2, 0) is 4.79 Å². The summed E-state index contributed by atoms with van der Waals surface area (Å²) in [6, 6.07) is 31.9. The number of fused-ring (bicyclic) bond motifs is 2. The maximum Gasteiger partial charge on any atom is 0.217 e. The number of para-hydroxylation sites is 2. The molecule has 2 aliphatic heterocycles. The van der Waals surface area contributed by atoms with Gasteiger partial charge in [0.1, 0.15) is 11.6 Å². The van der Waals surface area contributed by atoms with Crippen LogP contribution in [-0.4, -0.2) is 92.1 Å². The van der Waals surface area contributed by atoms with Crippen LogP contribution in [0.15, 0.2) is 119 Å². The van der Waals surface area contributed by atoms with E-state index in [1.807, 2.05) is 117 Å². The molecule has 6 aromatic rings. The lowest BCUT2D eigenvalue weighted by Gasteiger charge is -2.22. The number of aromatic nitrogens is 2. The van der Waals surface area contributed by atoms with E-state index < -0.39 is 0 Å². The van der Waals surface area contributed by atoms with Crippen molar-refractivity contribution in [2.24, 2.45) is 39.4 Å². The fraction of sp³-hybridized carbons (Fsp3) is 0.278. The number of nitrogens with one attached hydrogen (secondary N) is 5. The van der Waals surface area contributed by atoms with E-state index in [2.05, 4.69) is 46.8 Å². The van der Waals surface area contributed by atoms with Crippen molar-refractivity contribution < 1.29 is 4.79 Å². The molecule has 15 heteroatoms. The van der Waals surface area contributed by atoms with Gasteiger partial charge in [-0.2, -0.15) is 0 Å². The quantitative estimate of drug-likeness (QED) is 0.0424. The smallest absolute Gasteiger partial charge is 0.217 e. The van der Waals surface area contributed by atoms with E-state index in [1.54, 1.807) is 33.4 Å². The Kier molecular flexibility index (Phi) is 13.0. The highest BCUT2D eigenvalue weighted by molar-refractivity contribution is 6.20. The number of amides is 1. The molecule has 4 aliphatic rings. The molecule has 2 aliphatic carbocycles. The summed E-state index contributed by atoms with van der Waals surface area (Å²) >= 11 is 0. The maximum absolute atomic E-state index is 11.3. The molecule has 1 amide bonds. The van der Waals surface area contributed by atoms with Crippen molar-refractivity contribution in [3.05, 3.63) is 154 Å². The molecule has 352 valence electrons. The Morgan fingerprint density at radius 3 is 1.42 bits per heavy atom. The summed E-state index contributed by atoms with van der Waals surface area (Å²) in [6.07, 6.45) is 7.10. The molecule has 2 aromatic heterocycles. The average molecular weight is 921 g/mol. The number of hydrogen-bond donors (Lipinski definition) is 8. The van der Waals surface area contributed by atoms with E-state index in [4.69, 9.17) is 33.0 Å². The molecule has 15 nitrogen and oxygen atoms in total. The van der Waals surface area contributed by atoms with Crippen molar-refractivity contribution in [2.75, 3.05) is 72.2 Å². The van der Waals surface area contributed by atoms with Crippen molar-refractivity contribution in [1.29, 1.82) is 10.8 Å². The molecular formula is C54H60N14O. The Morgan fingerprint density at radius 1 is 0.623 bits per heavy atom. The molecule has 2 saturated heterocycles. The average Bonchev–Trinajstić information content (AvgIpc) is 3.91. The van der Waals surface area contributed by atoms with Gasteiger partial charge in [0.2, 0.25) is 5.91 Å². The van der Waals surface area contributed by atoms with Crippen molar-refractivity contribution in [3.8, 4) is 0 Å². The van der Waals surface area contributed by atoms with Gasteiger partial charge in [0, 0.05) is 128 Å². The zero-order valence-electron chi connectivity index (χ0n) is 39.7. The SMILES string of the molecule is CN=Cc1c(N)cccc1C(=N)c1cccc(C)c1Nc1ccc(N2CC3C(C2)C3NC(C)=O)nc1.CN=Cc1c(N)cccc1C(=N)c1cccc(C)c1Nc1ccc(N2CC3C(N)C3C2)nc1. The van der Waals surface area contributed by atoms with Crippen LogP contribution < -0.4 is 43.0 Å². The van der Waals surface area contributed by atoms with Gasteiger partial charge in [0.25, 0.3) is 0 Å². The van der Waals surface area contributed by atoms with Crippen LogP contribution in [0.25, 0.3) is 0 Å². The van der Waals surface area contributed by atoms with Crippen LogP contribution >= 0.6 is 0 Å². The van der Waals surface area contributed by atoms with Gasteiger partial charge in [0.05, 0.1) is 46.6 Å². The number of nitrogens with zero attached hydrogens (tertiary/aromatic N) is 6. The highest BCUT2D eigenvalue weighted by Crippen LogP contribution is 2.47. The second kappa shape index (κ2) is 19.4. The molecular weight excluding hydrogens is 861 g/mol. The number of piperidine rings is 2. The second-order valence-electron chi connectivity index (χ2n) is 18.5. The number of aliphatic imine (C=N–C) groups is 2. The molecule has 10 rings (SSSR count). The van der Waals surface area contributed by atoms with Crippen LogP contribution in [0.3, 0.4) is 0 Å². The first-order valence-electron chi connectivity index (χ1n) is 23.3. The molecule has 0 bridgehead atoms. The van der Waals surface area contributed by atoms with E-state index in [1.165, 1.54) is 0 Å². The highest BCUT2D eigenvalue weighted by atomic mass is 16.1. The number of rotatable bonds is 13. The predicted octanol–water partition coefficient (Wildman–Crippen LogP) is 7.33. The number of carbonyl (C=O) groups excluding carboxylic acids is 1. The Bertz CT molecular complexity index is 2960. The van der Waals surface area contributed by atoms with Gasteiger partial charge in [-0.3, -0.25) is 25.6 Å². The van der Waals surface area contributed by atoms with Gasteiger partial charge in [-0.15, -0.1) is 0 Å². The molecule has 4 fully saturated rings. The van der Waals surface area contributed by atoms with Crippen molar-refractivity contribution in [1.82, 2.24) is 15.3 Å². The molecule has 11 N–H and O–H groups in total. The van der Waals surface area contributed by atoms with Crippen molar-refractivity contribution in [2.45, 2.75) is 32.9 Å². The van der Waals surface area contributed by atoms with Gasteiger partial charge in [-0.05, 0) is 73.2 Å². The lowest BCUT2D eigenvalue weighted by Crippen LogP contribution is -2.33. The largest absolute Gasteiger partial charge is 0.398 e. The van der Waals surface area contributed by atoms with E-state index in [0.29, 0.717) is 58.6 Å². The summed E-state index contributed by atoms with van der Waals surface area (Å²) in [4.78, 5) is 33.6. The van der Waals surface area contributed by atoms with Crippen LogP contribution in [0.4, 0.5) is 45.8 Å². The third kappa shape index (κ3) is 9.50. The van der Waals surface area contributed by atoms with Crippen molar-refractivity contribution >= 4 is 75.5 Å². The molecule has 2 saturated carbocycles. The molecule has 4 unspecified atom stereocenters. The number of nitrogen functional groups attached to an aromatic ring is 2. The summed E-state index contributed by atoms with van der Waals surface area (Å²) in [5.41, 5.74) is 30.5. The summed E-state index contributed by atoms with van der Waals surface area (Å²) in [5.74, 6) is 4.26. The molecule has 4 atom stereocenters. The van der Waals surface area contributed by atoms with E-state index >= 15 is 0 Å². The van der Waals surface area contributed by atoms with Gasteiger partial charge in [-0.1, -0.05) is 60.7 Å². The first kappa shape index (κ1) is 46.2. The first-order valence-corrected chi connectivity index (χ1v) is 23.3. The Hall–Kier alpha value is -7.91. The Labute approximate surface area is 403 Å². The zero-order valence-corrected chi connectivity index (χ0v) is 39.7. The van der Waals surface area contributed by atoms with Gasteiger partial charge < -0.3 is 43.0 Å². The summed E-state index contributed by atoms with van der Waals surface area (Å²) < 4.78 is 0. The van der Waals surface area contributed by atoms with Crippen LogP contribution in [0.1, 0.15) is 51.4 Å². The minimum absolute atomic E-state index is 0.0450. The minimum atomic E-state index is 0.0450. The number of anilines is 8. The molecule has 4 aromatic carbocycles. The zero-order chi connectivity index (χ0) is 48.5. The fourth-order valence-electron chi connectivity index (χ4n) is 10.0. The summed E-state index contributed by atoms with van der Waals surface area (Å²) in [6.45, 7) is 9.46. The Balaban J connectivity index is 0.000000172. The number of carbonyl (C=O) groups is 1. The van der Waals surface area contributed by atoms with Crippen LogP contribution in [0, 0.1) is 48.3 Å². The molecule has 0 spiro atoms. The van der Waals surface area contributed by atoms with Gasteiger partial charge >= 0.3 is 0 Å². The maximum atomic E-state index is 11.3. The number of hydrogen-bond acceptors (Lipinski definition) is 14. The number of pyridine rings is 2. The lowest BCUT2D eigenvalue weighted by atomic mass is 9.94. The topological polar surface area (TPSA) is 236 Å². The van der Waals surface area contributed by atoms with Gasteiger partial charge in [0.15, 0.2) is 0 Å². The normalized spacial score (nSPS) is 20.8. The molecule has 0 radical (unpaired) electrons. The minimum Gasteiger partial charge on any atom is -0.398 e. The van der Waals surface area contributed by atoms with E-state index in [0.717, 1.165) is 105 Å². The van der Waals surface area contributed by atoms with Crippen LogP contribution in [0.2, 0.25) is 0 Å². The summed E-state index contributed by atoms with van der Waals surface area (Å²) in [5, 5.41) is 28.0. The standard InChI is InChI=1S/C28H31N7O.C26H29N7/c1-16-6-4-8-20(26(30)19-7-5-9-24(29)21(19)13-31-3)27(16)34-18-10-11-25(32-12-18)35-14-22-23(15-35)28(22)33-17(2)36;1-15-5-3-7-18(24(28)17-6-4-8-22(27)19(17)12-30-2)26(15)32-16-9-10-23(31-11-16)33-13-20-21(14-33)25(20)29/h4-13,22-23,28,30,34H,14-15,29H2,1-3H3,(H,33,36);3-12,20-21,25,28,32H,13-14,27,29H2,1-2H3.